The van der Waals surface area contributed by atoms with Gasteiger partial charge in [0.05, 0.1) is 15.5 Å². The summed E-state index contributed by atoms with van der Waals surface area (Å²) >= 11 is 2.70. The van der Waals surface area contributed by atoms with Crippen LogP contribution in [0.4, 0.5) is 5.13 Å². The number of carbonyl (C=O) groups excluding carboxylic acids is 1. The number of nitrogens with one attached hydrogen (secondary N) is 1. The summed E-state index contributed by atoms with van der Waals surface area (Å²) in [5.74, 6) is -0.167. The number of benzene rings is 1. The van der Waals surface area contributed by atoms with E-state index in [1.54, 1.807) is 13.1 Å². The molecule has 0 fully saturated rings. The molecule has 3 aromatic rings. The van der Waals surface area contributed by atoms with E-state index in [1.165, 1.54) is 29.2 Å². The third-order valence-corrected chi connectivity index (χ3v) is 5.42. The van der Waals surface area contributed by atoms with Gasteiger partial charge in [0.15, 0.2) is 10.3 Å². The molecule has 1 amide bonds. The Morgan fingerprint density at radius 1 is 1.33 bits per heavy atom. The second-order valence-corrected chi connectivity index (χ2v) is 7.41. The van der Waals surface area contributed by atoms with Crippen LogP contribution < -0.4 is 10.9 Å². The molecule has 8 heteroatoms. The molecular weight excluding hydrogens is 344 g/mol. The summed E-state index contributed by atoms with van der Waals surface area (Å²) in [4.78, 5) is 32.2. The van der Waals surface area contributed by atoms with Gasteiger partial charge in [-0.15, -0.1) is 0 Å². The summed E-state index contributed by atoms with van der Waals surface area (Å²) in [6, 6.07) is 9.15. The molecule has 24 heavy (non-hydrogen) atoms. The number of thiazole rings is 1. The summed E-state index contributed by atoms with van der Waals surface area (Å²) in [7, 11) is 0. The summed E-state index contributed by atoms with van der Waals surface area (Å²) in [6.45, 7) is 4.43. The lowest BCUT2D eigenvalue weighted by Gasteiger charge is -2.13. The van der Waals surface area contributed by atoms with E-state index in [0.717, 1.165) is 10.2 Å². The van der Waals surface area contributed by atoms with Crippen LogP contribution in [0.1, 0.15) is 13.8 Å². The van der Waals surface area contributed by atoms with E-state index >= 15 is 0 Å². The topological polar surface area (TPSA) is 76.9 Å². The Balaban J connectivity index is 1.73. The first-order chi connectivity index (χ1) is 11.6. The monoisotopic (exact) mass is 360 g/mol. The molecule has 1 atom stereocenters. The van der Waals surface area contributed by atoms with Crippen molar-refractivity contribution < 1.29 is 4.79 Å². The van der Waals surface area contributed by atoms with Gasteiger partial charge in [0, 0.05) is 18.8 Å². The highest BCUT2D eigenvalue weighted by Gasteiger charge is 2.18. The van der Waals surface area contributed by atoms with E-state index in [4.69, 9.17) is 0 Å². The normalized spacial score (nSPS) is 12.2. The number of aryl methyl sites for hydroxylation is 1. The number of aromatic nitrogens is 3. The molecule has 0 bridgehead atoms. The van der Waals surface area contributed by atoms with Crippen LogP contribution in [0.5, 0.6) is 0 Å². The van der Waals surface area contributed by atoms with E-state index in [9.17, 15) is 9.59 Å². The van der Waals surface area contributed by atoms with Gasteiger partial charge in [-0.25, -0.2) is 4.98 Å². The Labute approximate surface area is 147 Å². The maximum absolute atomic E-state index is 12.4. The average Bonchev–Trinajstić information content (AvgIpc) is 2.97. The number of fused-ring (bicyclic) bond motifs is 1. The maximum atomic E-state index is 12.4. The van der Waals surface area contributed by atoms with Crippen molar-refractivity contribution in [3.63, 3.8) is 0 Å². The fourth-order valence-corrected chi connectivity index (χ4v) is 3.91. The van der Waals surface area contributed by atoms with Gasteiger partial charge in [-0.2, -0.15) is 4.98 Å². The van der Waals surface area contributed by atoms with E-state index in [0.29, 0.717) is 16.8 Å². The molecule has 0 aliphatic rings. The van der Waals surface area contributed by atoms with Gasteiger partial charge < -0.3 is 9.88 Å². The number of anilines is 1. The van der Waals surface area contributed by atoms with E-state index in [-0.39, 0.29) is 11.5 Å². The van der Waals surface area contributed by atoms with Crippen LogP contribution in [0.2, 0.25) is 0 Å². The predicted molar refractivity (Wildman–Crippen MR) is 97.7 cm³/mol. The number of amides is 1. The third kappa shape index (κ3) is 3.65. The highest BCUT2D eigenvalue weighted by Crippen LogP contribution is 2.27. The number of carbonyl (C=O) groups is 1. The highest BCUT2D eigenvalue weighted by molar-refractivity contribution is 8.00. The van der Waals surface area contributed by atoms with Gasteiger partial charge in [-0.05, 0) is 26.0 Å². The van der Waals surface area contributed by atoms with Crippen molar-refractivity contribution in [2.24, 2.45) is 0 Å². The molecule has 124 valence electrons. The van der Waals surface area contributed by atoms with Crippen LogP contribution in [-0.2, 0) is 11.3 Å². The molecule has 1 aromatic carbocycles. The molecule has 1 N–H and O–H groups in total. The number of nitrogens with zero attached hydrogens (tertiary/aromatic N) is 3. The van der Waals surface area contributed by atoms with E-state index in [2.05, 4.69) is 15.3 Å². The Morgan fingerprint density at radius 3 is 2.88 bits per heavy atom. The van der Waals surface area contributed by atoms with Crippen molar-refractivity contribution in [1.29, 1.82) is 0 Å². The van der Waals surface area contributed by atoms with Gasteiger partial charge in [0.2, 0.25) is 5.91 Å². The van der Waals surface area contributed by atoms with Gasteiger partial charge in [-0.3, -0.25) is 9.59 Å². The number of thioether (sulfide) groups is 1. The standard InChI is InChI=1S/C16H16N4O2S2/c1-3-20-9-8-13(21)18-16(20)23-10(2)14(22)19-15-17-11-6-4-5-7-12(11)24-15/h4-10H,3H2,1-2H3,(H,17,19,22). The Kier molecular flexibility index (Phi) is 4.96. The molecular formula is C16H16N4O2S2. The van der Waals surface area contributed by atoms with Gasteiger partial charge >= 0.3 is 0 Å². The lowest BCUT2D eigenvalue weighted by molar-refractivity contribution is -0.115. The van der Waals surface area contributed by atoms with Crippen molar-refractivity contribution >= 4 is 44.4 Å². The van der Waals surface area contributed by atoms with Crippen molar-refractivity contribution in [1.82, 2.24) is 14.5 Å². The highest BCUT2D eigenvalue weighted by atomic mass is 32.2. The summed E-state index contributed by atoms with van der Waals surface area (Å²) in [6.07, 6.45) is 1.69. The minimum atomic E-state index is -0.399. The zero-order chi connectivity index (χ0) is 17.1. The lowest BCUT2D eigenvalue weighted by atomic mass is 10.3. The Morgan fingerprint density at radius 2 is 2.12 bits per heavy atom. The molecule has 0 aliphatic carbocycles. The van der Waals surface area contributed by atoms with E-state index in [1.807, 2.05) is 35.8 Å². The number of hydrogen-bond donors (Lipinski definition) is 1. The van der Waals surface area contributed by atoms with Gasteiger partial charge in [0.1, 0.15) is 0 Å². The van der Waals surface area contributed by atoms with Crippen molar-refractivity contribution in [3.05, 3.63) is 46.9 Å². The van der Waals surface area contributed by atoms with Crippen molar-refractivity contribution in [2.45, 2.75) is 30.8 Å². The minimum absolute atomic E-state index is 0.167. The average molecular weight is 360 g/mol. The number of para-hydroxylation sites is 1. The third-order valence-electron chi connectivity index (χ3n) is 3.36. The largest absolute Gasteiger partial charge is 0.328 e. The van der Waals surface area contributed by atoms with Crippen LogP contribution in [0.15, 0.2) is 46.5 Å². The Hall–Kier alpha value is -2.19. The SMILES string of the molecule is CCn1ccc(=O)nc1SC(C)C(=O)Nc1nc2ccccc2s1. The van der Waals surface area contributed by atoms with Crippen molar-refractivity contribution in [3.8, 4) is 0 Å². The molecule has 0 spiro atoms. The number of hydrogen-bond acceptors (Lipinski definition) is 6. The molecule has 0 saturated heterocycles. The van der Waals surface area contributed by atoms with Crippen LogP contribution in [0, 0.1) is 0 Å². The van der Waals surface area contributed by atoms with Gasteiger partial charge in [0.25, 0.3) is 5.56 Å². The van der Waals surface area contributed by atoms with Crippen LogP contribution in [0.25, 0.3) is 10.2 Å². The second-order valence-electron chi connectivity index (χ2n) is 5.07. The molecule has 0 saturated carbocycles. The zero-order valence-electron chi connectivity index (χ0n) is 13.2. The molecule has 2 aromatic heterocycles. The predicted octanol–water partition coefficient (Wildman–Crippen LogP) is 2.99. The molecule has 0 aliphatic heterocycles. The first-order valence-electron chi connectivity index (χ1n) is 7.47. The smallest absolute Gasteiger partial charge is 0.273 e. The van der Waals surface area contributed by atoms with E-state index < -0.39 is 5.25 Å². The molecule has 0 radical (unpaired) electrons. The molecule has 6 nitrogen and oxygen atoms in total. The van der Waals surface area contributed by atoms with Crippen molar-refractivity contribution in [2.75, 3.05) is 5.32 Å². The van der Waals surface area contributed by atoms with Gasteiger partial charge in [-0.1, -0.05) is 35.2 Å². The summed E-state index contributed by atoms with van der Waals surface area (Å²) < 4.78 is 2.87. The molecule has 2 heterocycles. The molecule has 1 unspecified atom stereocenters. The fraction of sp³-hybridized carbons (Fsp3) is 0.250. The minimum Gasteiger partial charge on any atom is -0.328 e. The maximum Gasteiger partial charge on any atom is 0.273 e. The Bertz CT molecular complexity index is 902. The first-order valence-corrected chi connectivity index (χ1v) is 9.17. The van der Waals surface area contributed by atoms with Crippen LogP contribution >= 0.6 is 23.1 Å². The second kappa shape index (κ2) is 7.14. The number of rotatable bonds is 5. The van der Waals surface area contributed by atoms with Crippen LogP contribution in [0.3, 0.4) is 0 Å². The lowest BCUT2D eigenvalue weighted by Crippen LogP contribution is -2.24. The summed E-state index contributed by atoms with van der Waals surface area (Å²) in [5, 5.41) is 3.55. The van der Waals surface area contributed by atoms with Crippen LogP contribution in [-0.4, -0.2) is 25.7 Å². The molecule has 3 rings (SSSR count). The summed E-state index contributed by atoms with van der Waals surface area (Å²) in [5.41, 5.74) is 0.559. The quantitative estimate of drug-likeness (QED) is 0.559. The first kappa shape index (κ1) is 16.7. The fourth-order valence-electron chi connectivity index (χ4n) is 2.09. The zero-order valence-corrected chi connectivity index (χ0v) is 14.9.